The zero-order valence-corrected chi connectivity index (χ0v) is 15.5. The lowest BCUT2D eigenvalue weighted by molar-refractivity contribution is -0.142. The Morgan fingerprint density at radius 3 is 2.71 bits per heavy atom. The zero-order chi connectivity index (χ0) is 22.3. The summed E-state index contributed by atoms with van der Waals surface area (Å²) in [6.45, 7) is -4.36. The van der Waals surface area contributed by atoms with Crippen LogP contribution in [-0.2, 0) is 13.1 Å². The van der Waals surface area contributed by atoms with E-state index in [9.17, 15) is 26.7 Å². The summed E-state index contributed by atoms with van der Waals surface area (Å²) in [5.41, 5.74) is 7.00. The Kier molecular flexibility index (Phi) is 4.95. The van der Waals surface area contributed by atoms with E-state index < -0.39 is 25.2 Å². The summed E-state index contributed by atoms with van der Waals surface area (Å²) >= 11 is 0. The molecule has 31 heavy (non-hydrogen) atoms. The first-order valence-corrected chi connectivity index (χ1v) is 8.72. The number of alkyl halides is 5. The zero-order valence-electron chi connectivity index (χ0n) is 15.5. The van der Waals surface area contributed by atoms with E-state index in [0.29, 0.717) is 21.6 Å². The largest absolute Gasteiger partial charge is 0.431 e. The number of nitrogen functional groups attached to an aromatic ring is 1. The van der Waals surface area contributed by atoms with Gasteiger partial charge in [0.15, 0.2) is 11.6 Å². The number of carbonyl (C=O) groups excluding carboxylic acids is 1. The molecule has 13 heteroatoms. The van der Waals surface area contributed by atoms with Gasteiger partial charge in [0.25, 0.3) is 5.91 Å². The van der Waals surface area contributed by atoms with Crippen LogP contribution in [0.1, 0.15) is 16.1 Å². The van der Waals surface area contributed by atoms with Crippen molar-refractivity contribution in [3.05, 3.63) is 48.0 Å². The van der Waals surface area contributed by atoms with E-state index >= 15 is 0 Å². The van der Waals surface area contributed by atoms with Gasteiger partial charge in [0.2, 0.25) is 0 Å². The first-order valence-electron chi connectivity index (χ1n) is 8.72. The second-order valence-corrected chi connectivity index (χ2v) is 6.58. The van der Waals surface area contributed by atoms with E-state index in [1.807, 2.05) is 0 Å². The molecule has 0 saturated heterocycles. The van der Waals surface area contributed by atoms with Gasteiger partial charge in [0, 0.05) is 18.0 Å². The lowest BCUT2D eigenvalue weighted by Crippen LogP contribution is -2.22. The van der Waals surface area contributed by atoms with Crippen LogP contribution in [0.4, 0.5) is 33.5 Å². The third-order valence-corrected chi connectivity index (χ3v) is 4.42. The molecule has 0 radical (unpaired) electrons. The second kappa shape index (κ2) is 7.49. The molecule has 0 saturated carbocycles. The van der Waals surface area contributed by atoms with Crippen LogP contribution >= 0.6 is 0 Å². The molecule has 0 unspecified atom stereocenters. The SMILES string of the molecule is Nc1ncc(-c2ccc3c(n2)CN(c2cnn(CC(F)(F)F)c2)C3=O)cc1OC(F)F. The highest BCUT2D eigenvalue weighted by molar-refractivity contribution is 6.09. The highest BCUT2D eigenvalue weighted by atomic mass is 19.4. The molecule has 3 aromatic rings. The summed E-state index contributed by atoms with van der Waals surface area (Å²) in [4.78, 5) is 22.1. The molecule has 0 fully saturated rings. The predicted octanol–water partition coefficient (Wildman–Crippen LogP) is 3.25. The van der Waals surface area contributed by atoms with Crippen molar-refractivity contribution in [2.45, 2.75) is 25.9 Å². The van der Waals surface area contributed by atoms with Crippen LogP contribution in [0.2, 0.25) is 0 Å². The molecule has 0 spiro atoms. The molecule has 4 rings (SSSR count). The number of carbonyl (C=O) groups is 1. The minimum atomic E-state index is -4.45. The number of nitrogens with two attached hydrogens (primary N) is 1. The van der Waals surface area contributed by atoms with Crippen molar-refractivity contribution in [1.82, 2.24) is 19.7 Å². The van der Waals surface area contributed by atoms with Crippen LogP contribution in [0.5, 0.6) is 5.75 Å². The standard InChI is InChI=1S/C18H13F5N6O2/c19-17(20)31-14-3-9(4-25-15(14)24)12-2-1-11-13(27-12)7-29(16(11)30)10-5-26-28(6-10)8-18(21,22)23/h1-6,17H,7-8H2,(H2,24,25). The Labute approximate surface area is 171 Å². The Balaban J connectivity index is 1.59. The van der Waals surface area contributed by atoms with Crippen LogP contribution in [0.25, 0.3) is 11.3 Å². The van der Waals surface area contributed by atoms with Crippen molar-refractivity contribution in [3.63, 3.8) is 0 Å². The summed E-state index contributed by atoms with van der Waals surface area (Å²) in [7, 11) is 0. The Morgan fingerprint density at radius 2 is 2.00 bits per heavy atom. The Morgan fingerprint density at radius 1 is 1.23 bits per heavy atom. The number of amides is 1. The molecular formula is C18H13F5N6O2. The number of fused-ring (bicyclic) bond motifs is 1. The number of rotatable bonds is 5. The monoisotopic (exact) mass is 440 g/mol. The summed E-state index contributed by atoms with van der Waals surface area (Å²) in [5.74, 6) is -0.982. The van der Waals surface area contributed by atoms with Crippen LogP contribution in [0.3, 0.4) is 0 Å². The van der Waals surface area contributed by atoms with Gasteiger partial charge in [0.05, 0.1) is 35.4 Å². The molecule has 162 valence electrons. The molecule has 0 atom stereocenters. The maximum Gasteiger partial charge on any atom is 0.408 e. The maximum atomic E-state index is 12.7. The third kappa shape index (κ3) is 4.25. The van der Waals surface area contributed by atoms with Crippen LogP contribution in [0.15, 0.2) is 36.8 Å². The van der Waals surface area contributed by atoms with Gasteiger partial charge in [-0.3, -0.25) is 19.4 Å². The normalized spacial score (nSPS) is 13.7. The van der Waals surface area contributed by atoms with E-state index in [0.717, 1.165) is 12.4 Å². The smallest absolute Gasteiger partial charge is 0.408 e. The van der Waals surface area contributed by atoms with Gasteiger partial charge >= 0.3 is 12.8 Å². The number of pyridine rings is 2. The lowest BCUT2D eigenvalue weighted by Gasteiger charge is -2.12. The van der Waals surface area contributed by atoms with Gasteiger partial charge in [0.1, 0.15) is 6.54 Å². The van der Waals surface area contributed by atoms with Gasteiger partial charge in [-0.1, -0.05) is 0 Å². The third-order valence-electron chi connectivity index (χ3n) is 4.42. The van der Waals surface area contributed by atoms with Crippen molar-refractivity contribution >= 4 is 17.4 Å². The molecule has 2 N–H and O–H groups in total. The average Bonchev–Trinajstić information content (AvgIpc) is 3.25. The van der Waals surface area contributed by atoms with Gasteiger partial charge in [-0.15, -0.1) is 0 Å². The van der Waals surface area contributed by atoms with Gasteiger partial charge in [-0.05, 0) is 18.2 Å². The molecule has 0 bridgehead atoms. The minimum Gasteiger partial charge on any atom is -0.431 e. The maximum absolute atomic E-state index is 12.7. The van der Waals surface area contributed by atoms with Gasteiger partial charge in [-0.2, -0.15) is 27.1 Å². The van der Waals surface area contributed by atoms with Gasteiger partial charge < -0.3 is 10.5 Å². The van der Waals surface area contributed by atoms with Crippen molar-refractivity contribution in [2.75, 3.05) is 10.6 Å². The van der Waals surface area contributed by atoms with E-state index in [1.165, 1.54) is 29.3 Å². The summed E-state index contributed by atoms with van der Waals surface area (Å²) in [6.07, 6.45) is -0.847. The number of nitrogens with zero attached hydrogens (tertiary/aromatic N) is 5. The highest BCUT2D eigenvalue weighted by Gasteiger charge is 2.32. The van der Waals surface area contributed by atoms with Crippen LogP contribution in [0, 0.1) is 0 Å². The number of hydrogen-bond donors (Lipinski definition) is 1. The summed E-state index contributed by atoms with van der Waals surface area (Å²) in [5, 5.41) is 3.64. The molecule has 0 aromatic carbocycles. The molecule has 1 amide bonds. The average molecular weight is 440 g/mol. The molecule has 4 heterocycles. The van der Waals surface area contributed by atoms with Crippen molar-refractivity contribution in [1.29, 1.82) is 0 Å². The second-order valence-electron chi connectivity index (χ2n) is 6.58. The first-order chi connectivity index (χ1) is 14.6. The number of anilines is 2. The minimum absolute atomic E-state index is 0.00249. The van der Waals surface area contributed by atoms with E-state index in [1.54, 1.807) is 0 Å². The lowest BCUT2D eigenvalue weighted by atomic mass is 10.1. The fourth-order valence-corrected chi connectivity index (χ4v) is 3.10. The topological polar surface area (TPSA) is 99.2 Å². The van der Waals surface area contributed by atoms with E-state index in [4.69, 9.17) is 5.73 Å². The van der Waals surface area contributed by atoms with Crippen LogP contribution < -0.4 is 15.4 Å². The number of halogens is 5. The molecule has 3 aromatic heterocycles. The molecule has 8 nitrogen and oxygen atoms in total. The molecular weight excluding hydrogens is 427 g/mol. The number of ether oxygens (including phenoxy) is 1. The quantitative estimate of drug-likeness (QED) is 0.612. The fraction of sp³-hybridized carbons (Fsp3) is 0.222. The van der Waals surface area contributed by atoms with E-state index in [2.05, 4.69) is 19.8 Å². The highest BCUT2D eigenvalue weighted by Crippen LogP contribution is 2.31. The molecule has 0 aliphatic carbocycles. The van der Waals surface area contributed by atoms with Crippen LogP contribution in [-0.4, -0.2) is 38.4 Å². The Hall–Kier alpha value is -3.77. The van der Waals surface area contributed by atoms with Crippen molar-refractivity contribution in [2.24, 2.45) is 0 Å². The first kappa shape index (κ1) is 20.5. The fourth-order valence-electron chi connectivity index (χ4n) is 3.10. The van der Waals surface area contributed by atoms with Crippen molar-refractivity contribution < 1.29 is 31.5 Å². The number of hydrogen-bond acceptors (Lipinski definition) is 6. The molecule has 1 aliphatic heterocycles. The summed E-state index contributed by atoms with van der Waals surface area (Å²) < 4.78 is 67.7. The summed E-state index contributed by atoms with van der Waals surface area (Å²) in [6, 6.07) is 4.23. The van der Waals surface area contributed by atoms with Gasteiger partial charge in [-0.25, -0.2) is 4.98 Å². The van der Waals surface area contributed by atoms with Crippen molar-refractivity contribution in [3.8, 4) is 17.0 Å². The predicted molar refractivity (Wildman–Crippen MR) is 97.3 cm³/mol. The number of aromatic nitrogens is 4. The molecule has 1 aliphatic rings. The Bertz CT molecular complexity index is 1150. The van der Waals surface area contributed by atoms with E-state index in [-0.39, 0.29) is 29.4 Å².